The zero-order chi connectivity index (χ0) is 9.78. The van der Waals surface area contributed by atoms with Crippen molar-refractivity contribution in [2.45, 2.75) is 26.4 Å². The predicted octanol–water partition coefficient (Wildman–Crippen LogP) is 0.394. The van der Waals surface area contributed by atoms with Crippen LogP contribution >= 0.6 is 0 Å². The second kappa shape index (κ2) is 4.42. The maximum atomic E-state index is 11.1. The maximum Gasteiger partial charge on any atom is 0.322 e. The van der Waals surface area contributed by atoms with Crippen LogP contribution in [0.5, 0.6) is 0 Å². The third-order valence-electron chi connectivity index (χ3n) is 1.17. The quantitative estimate of drug-likeness (QED) is 0.496. The van der Waals surface area contributed by atoms with Crippen LogP contribution in [-0.2, 0) is 9.53 Å². The SMILES string of the molecule is CNN(C)CC(=O)OC(C)(C)C. The Hall–Kier alpha value is -0.610. The molecule has 0 saturated carbocycles. The van der Waals surface area contributed by atoms with E-state index in [4.69, 9.17) is 4.74 Å². The molecule has 0 aromatic carbocycles. The molecule has 0 aliphatic heterocycles. The molecule has 0 bridgehead atoms. The number of ether oxygens (including phenoxy) is 1. The Morgan fingerprint density at radius 1 is 1.50 bits per heavy atom. The molecule has 0 radical (unpaired) electrons. The molecule has 0 unspecified atom stereocenters. The standard InChI is InChI=1S/C8H18N2O2/c1-8(2,3)12-7(11)6-10(5)9-4/h9H,6H2,1-5H3. The van der Waals surface area contributed by atoms with Crippen molar-refractivity contribution in [3.8, 4) is 0 Å². The van der Waals surface area contributed by atoms with Crippen LogP contribution in [0.3, 0.4) is 0 Å². The van der Waals surface area contributed by atoms with Crippen molar-refractivity contribution in [3.63, 3.8) is 0 Å². The van der Waals surface area contributed by atoms with E-state index in [1.165, 1.54) is 0 Å². The molecule has 1 N–H and O–H groups in total. The number of rotatable bonds is 3. The smallest absolute Gasteiger partial charge is 0.322 e. The molecule has 4 heteroatoms. The Morgan fingerprint density at radius 3 is 2.33 bits per heavy atom. The van der Waals surface area contributed by atoms with Crippen LogP contribution in [0.4, 0.5) is 0 Å². The molecule has 0 atom stereocenters. The third kappa shape index (κ3) is 6.12. The first-order chi connectivity index (χ1) is 5.35. The fourth-order valence-corrected chi connectivity index (χ4v) is 0.646. The molecule has 0 spiro atoms. The summed E-state index contributed by atoms with van der Waals surface area (Å²) in [4.78, 5) is 11.1. The molecule has 12 heavy (non-hydrogen) atoms. The lowest BCUT2D eigenvalue weighted by atomic mass is 10.2. The number of hydrogen-bond donors (Lipinski definition) is 1. The van der Waals surface area contributed by atoms with E-state index in [9.17, 15) is 4.79 Å². The summed E-state index contributed by atoms with van der Waals surface area (Å²) in [5, 5.41) is 1.66. The lowest BCUT2D eigenvalue weighted by Crippen LogP contribution is -2.38. The Labute approximate surface area is 73.8 Å². The molecular weight excluding hydrogens is 156 g/mol. The van der Waals surface area contributed by atoms with E-state index >= 15 is 0 Å². The molecule has 0 aliphatic carbocycles. The maximum absolute atomic E-state index is 11.1. The van der Waals surface area contributed by atoms with Gasteiger partial charge in [-0.3, -0.25) is 10.2 Å². The van der Waals surface area contributed by atoms with Gasteiger partial charge in [0.05, 0.1) is 0 Å². The molecule has 0 heterocycles. The van der Waals surface area contributed by atoms with Gasteiger partial charge in [0, 0.05) is 7.05 Å². The summed E-state index contributed by atoms with van der Waals surface area (Å²) in [6.45, 7) is 5.81. The van der Waals surface area contributed by atoms with Crippen LogP contribution in [0.25, 0.3) is 0 Å². The molecule has 0 aromatic heterocycles. The molecule has 0 saturated heterocycles. The van der Waals surface area contributed by atoms with Gasteiger partial charge in [-0.25, -0.2) is 5.01 Å². The van der Waals surface area contributed by atoms with Crippen molar-refractivity contribution >= 4 is 5.97 Å². The van der Waals surface area contributed by atoms with Crippen LogP contribution in [-0.4, -0.2) is 37.2 Å². The van der Waals surface area contributed by atoms with Gasteiger partial charge < -0.3 is 4.74 Å². The number of likely N-dealkylation sites (N-methyl/N-ethyl adjacent to an activating group) is 1. The van der Waals surface area contributed by atoms with Gasteiger partial charge in [-0.1, -0.05) is 0 Å². The molecule has 72 valence electrons. The summed E-state index contributed by atoms with van der Waals surface area (Å²) in [7, 11) is 3.54. The molecule has 0 rings (SSSR count). The summed E-state index contributed by atoms with van der Waals surface area (Å²) in [5.41, 5.74) is 2.42. The van der Waals surface area contributed by atoms with E-state index in [-0.39, 0.29) is 12.5 Å². The van der Waals surface area contributed by atoms with Crippen molar-refractivity contribution in [2.24, 2.45) is 0 Å². The van der Waals surface area contributed by atoms with Gasteiger partial charge in [0.1, 0.15) is 12.1 Å². The highest BCUT2D eigenvalue weighted by atomic mass is 16.6. The van der Waals surface area contributed by atoms with E-state index in [0.717, 1.165) is 0 Å². The summed E-state index contributed by atoms with van der Waals surface area (Å²) < 4.78 is 5.09. The first-order valence-electron chi connectivity index (χ1n) is 3.95. The number of esters is 1. The third-order valence-corrected chi connectivity index (χ3v) is 1.17. The van der Waals surface area contributed by atoms with Gasteiger partial charge in [-0.2, -0.15) is 0 Å². The minimum atomic E-state index is -0.397. The number of carbonyl (C=O) groups is 1. The molecule has 0 aliphatic rings. The van der Waals surface area contributed by atoms with Gasteiger partial charge >= 0.3 is 5.97 Å². The van der Waals surface area contributed by atoms with Gasteiger partial charge in [-0.05, 0) is 27.8 Å². The van der Waals surface area contributed by atoms with E-state index in [1.807, 2.05) is 20.8 Å². The average Bonchev–Trinajstić information content (AvgIpc) is 1.82. The van der Waals surface area contributed by atoms with Crippen molar-refractivity contribution in [2.75, 3.05) is 20.6 Å². The van der Waals surface area contributed by atoms with Crippen molar-refractivity contribution in [1.29, 1.82) is 0 Å². The van der Waals surface area contributed by atoms with Crippen molar-refractivity contribution in [1.82, 2.24) is 10.4 Å². The highest BCUT2D eigenvalue weighted by molar-refractivity contribution is 5.71. The Bertz CT molecular complexity index is 152. The van der Waals surface area contributed by atoms with Crippen LogP contribution in [0, 0.1) is 0 Å². The van der Waals surface area contributed by atoms with E-state index in [0.29, 0.717) is 0 Å². The van der Waals surface area contributed by atoms with Gasteiger partial charge in [0.25, 0.3) is 0 Å². The van der Waals surface area contributed by atoms with E-state index < -0.39 is 5.60 Å². The minimum Gasteiger partial charge on any atom is -0.459 e. The number of hydrogen-bond acceptors (Lipinski definition) is 4. The summed E-state index contributed by atoms with van der Waals surface area (Å²) >= 11 is 0. The van der Waals surface area contributed by atoms with Crippen molar-refractivity contribution in [3.05, 3.63) is 0 Å². The van der Waals surface area contributed by atoms with Crippen LogP contribution < -0.4 is 5.43 Å². The molecular formula is C8H18N2O2. The lowest BCUT2D eigenvalue weighted by Gasteiger charge is -2.21. The molecule has 4 nitrogen and oxygen atoms in total. The Kier molecular flexibility index (Phi) is 4.20. The van der Waals surface area contributed by atoms with Crippen LogP contribution in [0.1, 0.15) is 20.8 Å². The molecule has 0 fully saturated rings. The fourth-order valence-electron chi connectivity index (χ4n) is 0.646. The largest absolute Gasteiger partial charge is 0.459 e. The molecule has 0 amide bonds. The van der Waals surface area contributed by atoms with E-state index in [1.54, 1.807) is 19.1 Å². The number of nitrogens with one attached hydrogen (secondary N) is 1. The van der Waals surface area contributed by atoms with Crippen molar-refractivity contribution < 1.29 is 9.53 Å². The zero-order valence-corrected chi connectivity index (χ0v) is 8.47. The lowest BCUT2D eigenvalue weighted by molar-refractivity contribution is -0.156. The van der Waals surface area contributed by atoms with E-state index in [2.05, 4.69) is 5.43 Å². The monoisotopic (exact) mass is 174 g/mol. The van der Waals surface area contributed by atoms with Gasteiger partial charge in [0.15, 0.2) is 0 Å². The second-order valence-electron chi connectivity index (χ2n) is 3.67. The zero-order valence-electron chi connectivity index (χ0n) is 8.47. The average molecular weight is 174 g/mol. The first kappa shape index (κ1) is 11.4. The Morgan fingerprint density at radius 2 is 2.00 bits per heavy atom. The van der Waals surface area contributed by atoms with Crippen LogP contribution in [0.2, 0.25) is 0 Å². The fraction of sp³-hybridized carbons (Fsp3) is 0.875. The number of nitrogens with zero attached hydrogens (tertiary/aromatic N) is 1. The summed E-state index contributed by atoms with van der Waals surface area (Å²) in [5.74, 6) is -0.223. The molecule has 0 aromatic rings. The summed E-state index contributed by atoms with van der Waals surface area (Å²) in [6.07, 6.45) is 0. The number of carbonyl (C=O) groups excluding carboxylic acids is 1. The first-order valence-corrected chi connectivity index (χ1v) is 3.95. The Balaban J connectivity index is 3.75. The predicted molar refractivity (Wildman–Crippen MR) is 47.5 cm³/mol. The topological polar surface area (TPSA) is 41.6 Å². The van der Waals surface area contributed by atoms with Crippen LogP contribution in [0.15, 0.2) is 0 Å². The highest BCUT2D eigenvalue weighted by Crippen LogP contribution is 2.06. The normalized spacial score (nSPS) is 11.8. The number of hydrazine groups is 1. The van der Waals surface area contributed by atoms with Gasteiger partial charge in [-0.15, -0.1) is 0 Å². The summed E-state index contributed by atoms with van der Waals surface area (Å²) in [6, 6.07) is 0. The highest BCUT2D eigenvalue weighted by Gasteiger charge is 2.16. The second-order valence-corrected chi connectivity index (χ2v) is 3.67. The van der Waals surface area contributed by atoms with Gasteiger partial charge in [0.2, 0.25) is 0 Å². The minimum absolute atomic E-state index is 0.223.